The lowest BCUT2D eigenvalue weighted by molar-refractivity contribution is 0.434. The van der Waals surface area contributed by atoms with E-state index in [-0.39, 0.29) is 5.41 Å². The molecular formula is C59H44N2O. The fraction of sp³-hybridized carbons (Fsp3) is 0.0847. The Labute approximate surface area is 363 Å². The van der Waals surface area contributed by atoms with Crippen LogP contribution in [0.3, 0.4) is 0 Å². The zero-order valence-corrected chi connectivity index (χ0v) is 34.8. The van der Waals surface area contributed by atoms with E-state index >= 15 is 0 Å². The van der Waals surface area contributed by atoms with E-state index in [1.807, 2.05) is 0 Å². The Morgan fingerprint density at radius 2 is 1.06 bits per heavy atom. The molecule has 0 N–H and O–H groups in total. The summed E-state index contributed by atoms with van der Waals surface area (Å²) < 4.78 is 6.73. The molecule has 3 heterocycles. The lowest BCUT2D eigenvalue weighted by Crippen LogP contribution is -2.39. The van der Waals surface area contributed by atoms with Gasteiger partial charge in [0.05, 0.1) is 16.8 Å². The van der Waals surface area contributed by atoms with Gasteiger partial charge in [-0.2, -0.15) is 0 Å². The van der Waals surface area contributed by atoms with Gasteiger partial charge in [0.25, 0.3) is 0 Å². The quantitative estimate of drug-likeness (QED) is 0.177. The molecule has 8 aromatic rings. The SMILES string of the molecule is C=C1/C=C\C=C/CN(c2ccc3c(c2)C(C)(C)c2cc(N4c5ccccc5C5(c6ccccc6Oc6ccccc65)c5cc(-c6ccccc6)ccc54)ccc2-3)c2ccccc21. The van der Waals surface area contributed by atoms with E-state index in [1.165, 1.54) is 50.2 Å². The van der Waals surface area contributed by atoms with Crippen LogP contribution in [0.2, 0.25) is 0 Å². The number of rotatable bonds is 3. The Bertz CT molecular complexity index is 3160. The Morgan fingerprint density at radius 3 is 1.81 bits per heavy atom. The molecule has 62 heavy (non-hydrogen) atoms. The third kappa shape index (κ3) is 5.18. The number of benzene rings is 8. The zero-order valence-electron chi connectivity index (χ0n) is 34.8. The summed E-state index contributed by atoms with van der Waals surface area (Å²) in [7, 11) is 0. The van der Waals surface area contributed by atoms with Crippen molar-refractivity contribution in [3.63, 3.8) is 0 Å². The number of para-hydroxylation sites is 4. The topological polar surface area (TPSA) is 15.7 Å². The smallest absolute Gasteiger partial charge is 0.132 e. The molecule has 0 bridgehead atoms. The summed E-state index contributed by atoms with van der Waals surface area (Å²) in [6.07, 6.45) is 8.54. The van der Waals surface area contributed by atoms with Crippen molar-refractivity contribution in [1.29, 1.82) is 0 Å². The van der Waals surface area contributed by atoms with Crippen LogP contribution in [0.4, 0.5) is 28.4 Å². The highest BCUT2D eigenvalue weighted by atomic mass is 16.5. The third-order valence-corrected chi connectivity index (χ3v) is 13.7. The number of ether oxygens (including phenoxy) is 1. The maximum atomic E-state index is 6.73. The number of hydrogen-bond donors (Lipinski definition) is 0. The molecule has 8 aromatic carbocycles. The van der Waals surface area contributed by atoms with E-state index in [0.717, 1.165) is 63.1 Å². The van der Waals surface area contributed by atoms with Gasteiger partial charge in [-0.1, -0.05) is 166 Å². The van der Waals surface area contributed by atoms with Gasteiger partial charge in [0, 0.05) is 45.7 Å². The molecule has 0 aromatic heterocycles. The number of fused-ring (bicyclic) bond motifs is 12. The van der Waals surface area contributed by atoms with Gasteiger partial charge < -0.3 is 14.5 Å². The molecule has 3 aliphatic heterocycles. The van der Waals surface area contributed by atoms with Gasteiger partial charge in [0.2, 0.25) is 0 Å². The molecule has 0 amide bonds. The molecule has 1 spiro atoms. The van der Waals surface area contributed by atoms with E-state index in [9.17, 15) is 0 Å². The molecule has 4 aliphatic rings. The molecule has 3 heteroatoms. The van der Waals surface area contributed by atoms with Crippen molar-refractivity contribution in [1.82, 2.24) is 0 Å². The molecule has 12 rings (SSSR count). The van der Waals surface area contributed by atoms with Crippen molar-refractivity contribution < 1.29 is 4.74 Å². The average molecular weight is 797 g/mol. The van der Waals surface area contributed by atoms with Crippen LogP contribution in [0.15, 0.2) is 213 Å². The fourth-order valence-corrected chi connectivity index (χ4v) is 10.8. The first-order valence-corrected chi connectivity index (χ1v) is 21.6. The van der Waals surface area contributed by atoms with E-state index in [1.54, 1.807) is 0 Å². The summed E-state index contributed by atoms with van der Waals surface area (Å²) in [6, 6.07) is 66.9. The van der Waals surface area contributed by atoms with Crippen LogP contribution >= 0.6 is 0 Å². The van der Waals surface area contributed by atoms with E-state index < -0.39 is 5.41 Å². The first kappa shape index (κ1) is 36.2. The molecule has 0 fully saturated rings. The minimum atomic E-state index is -0.636. The first-order chi connectivity index (χ1) is 30.4. The van der Waals surface area contributed by atoms with Gasteiger partial charge in [-0.05, 0) is 111 Å². The van der Waals surface area contributed by atoms with Crippen molar-refractivity contribution >= 4 is 34.0 Å². The number of nitrogens with zero attached hydrogens (tertiary/aromatic N) is 2. The Hall–Kier alpha value is -7.62. The summed E-state index contributed by atoms with van der Waals surface area (Å²) in [5.74, 6) is 1.77. The van der Waals surface area contributed by atoms with Gasteiger partial charge >= 0.3 is 0 Å². The molecule has 0 saturated heterocycles. The minimum absolute atomic E-state index is 0.258. The molecule has 0 saturated carbocycles. The number of hydrogen-bond acceptors (Lipinski definition) is 3. The zero-order chi connectivity index (χ0) is 41.6. The van der Waals surface area contributed by atoms with Crippen molar-refractivity contribution in [2.45, 2.75) is 24.7 Å². The molecular weight excluding hydrogens is 753 g/mol. The Balaban J connectivity index is 1.04. The van der Waals surface area contributed by atoms with Gasteiger partial charge in [-0.25, -0.2) is 0 Å². The summed E-state index contributed by atoms with van der Waals surface area (Å²) in [5.41, 5.74) is 19.4. The van der Waals surface area contributed by atoms with Crippen LogP contribution in [-0.2, 0) is 10.8 Å². The van der Waals surface area contributed by atoms with Crippen LogP contribution in [-0.4, -0.2) is 6.54 Å². The second-order valence-electron chi connectivity index (χ2n) is 17.3. The molecule has 3 nitrogen and oxygen atoms in total. The lowest BCUT2D eigenvalue weighted by atomic mass is 9.61. The fourth-order valence-electron chi connectivity index (χ4n) is 10.8. The highest BCUT2D eigenvalue weighted by Crippen LogP contribution is 2.63. The summed E-state index contributed by atoms with van der Waals surface area (Å²) in [4.78, 5) is 4.92. The lowest BCUT2D eigenvalue weighted by Gasteiger charge is -2.48. The summed E-state index contributed by atoms with van der Waals surface area (Å²) in [6.45, 7) is 9.95. The van der Waals surface area contributed by atoms with Gasteiger partial charge in [0.1, 0.15) is 11.5 Å². The molecule has 296 valence electrons. The maximum Gasteiger partial charge on any atom is 0.132 e. The second-order valence-corrected chi connectivity index (χ2v) is 17.3. The van der Waals surface area contributed by atoms with Crippen LogP contribution in [0.25, 0.3) is 27.8 Å². The highest BCUT2D eigenvalue weighted by Gasteiger charge is 2.51. The minimum Gasteiger partial charge on any atom is -0.457 e. The van der Waals surface area contributed by atoms with Crippen LogP contribution in [0.5, 0.6) is 11.5 Å². The normalized spacial score (nSPS) is 16.8. The first-order valence-electron chi connectivity index (χ1n) is 21.6. The molecule has 0 atom stereocenters. The second kappa shape index (κ2) is 13.7. The maximum absolute atomic E-state index is 6.73. The number of anilines is 5. The monoisotopic (exact) mass is 796 g/mol. The van der Waals surface area contributed by atoms with Gasteiger partial charge in [-0.3, -0.25) is 0 Å². The molecule has 1 aliphatic carbocycles. The van der Waals surface area contributed by atoms with Crippen molar-refractivity contribution in [2.24, 2.45) is 0 Å². The van der Waals surface area contributed by atoms with Gasteiger partial charge in [-0.15, -0.1) is 0 Å². The molecule has 0 radical (unpaired) electrons. The largest absolute Gasteiger partial charge is 0.457 e. The van der Waals surface area contributed by atoms with E-state index in [2.05, 4.69) is 237 Å². The van der Waals surface area contributed by atoms with Gasteiger partial charge in [0.15, 0.2) is 0 Å². The Morgan fingerprint density at radius 1 is 0.468 bits per heavy atom. The standard InChI is InChI=1S/C59H44N2O/c1-39-18-6-5-17-35-60(53-25-13-9-21-44(39)53)42-30-32-45-46-33-31-43(38-51(46)58(2,3)50(45)37-42)61-54-26-14-10-22-47(54)59(52-36-41(29-34-55(52)61)40-19-7-4-8-20-40)48-23-11-15-27-56(48)62-57-28-16-12-24-49(57)59/h4-34,36-38H,1,35H2,2-3H3/b17-5-,18-6-. The van der Waals surface area contributed by atoms with Crippen molar-refractivity contribution in [3.8, 4) is 33.8 Å². The highest BCUT2D eigenvalue weighted by molar-refractivity contribution is 5.94. The summed E-state index contributed by atoms with van der Waals surface area (Å²) in [5, 5.41) is 0. The predicted molar refractivity (Wildman–Crippen MR) is 257 cm³/mol. The van der Waals surface area contributed by atoms with Crippen molar-refractivity contribution in [3.05, 3.63) is 252 Å². The number of allylic oxidation sites excluding steroid dienone is 4. The molecule has 0 unspecified atom stereocenters. The average Bonchev–Trinajstić information content (AvgIpc) is 3.58. The van der Waals surface area contributed by atoms with Crippen LogP contribution in [0, 0.1) is 0 Å². The Kier molecular flexibility index (Phi) is 8.01. The van der Waals surface area contributed by atoms with Crippen molar-refractivity contribution in [2.75, 3.05) is 16.3 Å². The predicted octanol–water partition coefficient (Wildman–Crippen LogP) is 15.2. The third-order valence-electron chi connectivity index (χ3n) is 13.7. The van der Waals surface area contributed by atoms with Crippen LogP contribution in [0.1, 0.15) is 52.8 Å². The van der Waals surface area contributed by atoms with Crippen LogP contribution < -0.4 is 14.5 Å². The van der Waals surface area contributed by atoms with E-state index in [0.29, 0.717) is 0 Å². The van der Waals surface area contributed by atoms with E-state index in [4.69, 9.17) is 4.74 Å². The summed E-state index contributed by atoms with van der Waals surface area (Å²) >= 11 is 0.